The summed E-state index contributed by atoms with van der Waals surface area (Å²) in [4.78, 5) is 7.62. The van der Waals surface area contributed by atoms with Gasteiger partial charge in [-0.2, -0.15) is 0 Å². The molecule has 0 N–H and O–H groups in total. The minimum Gasteiger partial charge on any atom is -0.265 e. The molecule has 0 amide bonds. The highest BCUT2D eigenvalue weighted by Crippen LogP contribution is 2.23. The third kappa shape index (κ3) is 1.52. The first kappa shape index (κ1) is 7.66. The van der Waals surface area contributed by atoms with Gasteiger partial charge in [0.05, 0.1) is 11.4 Å². The summed E-state index contributed by atoms with van der Waals surface area (Å²) in [6, 6.07) is 5.71. The van der Waals surface area contributed by atoms with Gasteiger partial charge in [0.15, 0.2) is 0 Å². The van der Waals surface area contributed by atoms with E-state index >= 15 is 0 Å². The first-order valence-electron chi connectivity index (χ1n) is 3.32. The molecule has 2 heteroatoms. The second-order valence-corrected chi connectivity index (χ2v) is 2.29. The molecule has 0 aromatic heterocycles. The fourth-order valence-electron chi connectivity index (χ4n) is 0.866. The van der Waals surface area contributed by atoms with E-state index in [-0.39, 0.29) is 0 Å². The molecule has 0 aliphatic rings. The van der Waals surface area contributed by atoms with Gasteiger partial charge in [-0.3, -0.25) is 9.98 Å². The summed E-state index contributed by atoms with van der Waals surface area (Å²) in [6.07, 6.45) is 0. The lowest BCUT2D eigenvalue weighted by Gasteiger charge is -1.99. The van der Waals surface area contributed by atoms with Crippen LogP contribution in [0.25, 0.3) is 0 Å². The van der Waals surface area contributed by atoms with Crippen LogP contribution in [0.3, 0.4) is 0 Å². The van der Waals surface area contributed by atoms with Crippen LogP contribution in [0.1, 0.15) is 5.56 Å². The molecule has 0 fully saturated rings. The molecule has 0 saturated heterocycles. The summed E-state index contributed by atoms with van der Waals surface area (Å²) in [5.74, 6) is 0. The Morgan fingerprint density at radius 3 is 2.45 bits per heavy atom. The van der Waals surface area contributed by atoms with Gasteiger partial charge in [-0.1, -0.05) is 6.07 Å². The van der Waals surface area contributed by atoms with Crippen LogP contribution in [0, 0.1) is 6.92 Å². The van der Waals surface area contributed by atoms with Gasteiger partial charge >= 0.3 is 0 Å². The summed E-state index contributed by atoms with van der Waals surface area (Å²) in [7, 11) is 0. The van der Waals surface area contributed by atoms with Gasteiger partial charge in [0.2, 0.25) is 0 Å². The maximum atomic E-state index is 3.84. The fourth-order valence-corrected chi connectivity index (χ4v) is 0.866. The van der Waals surface area contributed by atoms with E-state index in [1.54, 1.807) is 0 Å². The summed E-state index contributed by atoms with van der Waals surface area (Å²) in [5, 5.41) is 0. The average Bonchev–Trinajstić information content (AvgIpc) is 2.05. The van der Waals surface area contributed by atoms with Crippen molar-refractivity contribution in [1.29, 1.82) is 0 Å². The number of hydrogen-bond acceptors (Lipinski definition) is 2. The van der Waals surface area contributed by atoms with E-state index < -0.39 is 0 Å². The highest BCUT2D eigenvalue weighted by molar-refractivity contribution is 5.59. The van der Waals surface area contributed by atoms with Crippen LogP contribution in [0.5, 0.6) is 0 Å². The molecule has 0 saturated carbocycles. The monoisotopic (exact) mass is 146 g/mol. The third-order valence-corrected chi connectivity index (χ3v) is 1.55. The molecule has 0 aliphatic carbocycles. The van der Waals surface area contributed by atoms with E-state index in [2.05, 4.69) is 23.4 Å². The van der Waals surface area contributed by atoms with Gasteiger partial charge in [0.1, 0.15) is 0 Å². The second kappa shape index (κ2) is 3.10. The van der Waals surface area contributed by atoms with Crippen molar-refractivity contribution in [2.24, 2.45) is 9.98 Å². The van der Waals surface area contributed by atoms with Crippen LogP contribution in [0.15, 0.2) is 28.2 Å². The zero-order valence-corrected chi connectivity index (χ0v) is 6.54. The first-order valence-corrected chi connectivity index (χ1v) is 3.32. The van der Waals surface area contributed by atoms with Gasteiger partial charge in [-0.05, 0) is 38.1 Å². The topological polar surface area (TPSA) is 24.7 Å². The molecule has 1 rings (SSSR count). The molecule has 0 aliphatic heterocycles. The smallest absolute Gasteiger partial charge is 0.0673 e. The van der Waals surface area contributed by atoms with Crippen LogP contribution in [-0.4, -0.2) is 13.4 Å². The van der Waals surface area contributed by atoms with Crippen molar-refractivity contribution < 1.29 is 0 Å². The van der Waals surface area contributed by atoms with Crippen molar-refractivity contribution in [3.05, 3.63) is 23.8 Å². The molecular weight excluding hydrogens is 136 g/mol. The van der Waals surface area contributed by atoms with Gasteiger partial charge < -0.3 is 0 Å². The highest BCUT2D eigenvalue weighted by atomic mass is 14.7. The Hall–Kier alpha value is -1.44. The Kier molecular flexibility index (Phi) is 2.16. The van der Waals surface area contributed by atoms with E-state index in [1.165, 1.54) is 0 Å². The molecule has 0 bridgehead atoms. The molecule has 11 heavy (non-hydrogen) atoms. The van der Waals surface area contributed by atoms with Crippen molar-refractivity contribution in [2.45, 2.75) is 6.92 Å². The Morgan fingerprint density at radius 2 is 1.91 bits per heavy atom. The third-order valence-electron chi connectivity index (χ3n) is 1.55. The van der Waals surface area contributed by atoms with Crippen molar-refractivity contribution in [1.82, 2.24) is 0 Å². The predicted molar refractivity (Wildman–Crippen MR) is 49.6 cm³/mol. The number of nitrogens with zero attached hydrogens (tertiary/aromatic N) is 2. The summed E-state index contributed by atoms with van der Waals surface area (Å²) < 4.78 is 0. The molecule has 1 aromatic carbocycles. The van der Waals surface area contributed by atoms with Crippen molar-refractivity contribution in [2.75, 3.05) is 0 Å². The predicted octanol–water partition coefficient (Wildman–Crippen LogP) is 2.66. The van der Waals surface area contributed by atoms with E-state index in [0.29, 0.717) is 0 Å². The van der Waals surface area contributed by atoms with E-state index in [1.807, 2.05) is 25.1 Å². The van der Waals surface area contributed by atoms with Crippen LogP contribution in [-0.2, 0) is 0 Å². The van der Waals surface area contributed by atoms with Crippen molar-refractivity contribution in [3.8, 4) is 0 Å². The lowest BCUT2D eigenvalue weighted by molar-refractivity contribution is 1.39. The van der Waals surface area contributed by atoms with Crippen LogP contribution < -0.4 is 0 Å². The summed E-state index contributed by atoms with van der Waals surface area (Å²) in [5.41, 5.74) is 2.81. The van der Waals surface area contributed by atoms with Crippen molar-refractivity contribution >= 4 is 24.8 Å². The molecule has 2 nitrogen and oxygen atoms in total. The lowest BCUT2D eigenvalue weighted by Crippen LogP contribution is -1.72. The zero-order valence-electron chi connectivity index (χ0n) is 6.54. The molecule has 0 atom stereocenters. The first-order chi connectivity index (χ1) is 5.27. The van der Waals surface area contributed by atoms with E-state index in [0.717, 1.165) is 16.9 Å². The standard InChI is InChI=1S/C9H10N2/c1-7-4-5-8(10-2)6-9(7)11-3/h4-6H,2-3H2,1H3. The van der Waals surface area contributed by atoms with Crippen molar-refractivity contribution in [3.63, 3.8) is 0 Å². The average molecular weight is 146 g/mol. The Balaban J connectivity index is 3.22. The number of aryl methyl sites for hydroxylation is 1. The highest BCUT2D eigenvalue weighted by Gasteiger charge is 1.94. The maximum Gasteiger partial charge on any atom is 0.0673 e. The van der Waals surface area contributed by atoms with Crippen LogP contribution in [0.2, 0.25) is 0 Å². The molecule has 0 heterocycles. The number of benzene rings is 1. The normalized spacial score (nSPS) is 9.18. The van der Waals surface area contributed by atoms with Gasteiger partial charge in [0.25, 0.3) is 0 Å². The fraction of sp³-hybridized carbons (Fsp3) is 0.111. The maximum absolute atomic E-state index is 3.84. The number of hydrogen-bond donors (Lipinski definition) is 0. The minimum atomic E-state index is 0.831. The number of aliphatic imine (C=N–C) groups is 2. The molecule has 0 spiro atoms. The van der Waals surface area contributed by atoms with E-state index in [4.69, 9.17) is 0 Å². The molecule has 1 aromatic rings. The largest absolute Gasteiger partial charge is 0.265 e. The summed E-state index contributed by atoms with van der Waals surface area (Å²) >= 11 is 0. The van der Waals surface area contributed by atoms with E-state index in [9.17, 15) is 0 Å². The van der Waals surface area contributed by atoms with Gasteiger partial charge in [-0.15, -0.1) is 0 Å². The Morgan fingerprint density at radius 1 is 1.18 bits per heavy atom. The lowest BCUT2D eigenvalue weighted by atomic mass is 10.2. The molecule has 56 valence electrons. The zero-order chi connectivity index (χ0) is 8.27. The van der Waals surface area contributed by atoms with Gasteiger partial charge in [-0.25, -0.2) is 0 Å². The molecular formula is C9H10N2. The Labute approximate surface area is 66.3 Å². The second-order valence-electron chi connectivity index (χ2n) is 2.29. The summed E-state index contributed by atoms with van der Waals surface area (Å²) in [6.45, 7) is 8.86. The van der Waals surface area contributed by atoms with Crippen LogP contribution >= 0.6 is 0 Å². The minimum absolute atomic E-state index is 0.831. The Bertz CT molecular complexity index is 290. The quantitative estimate of drug-likeness (QED) is 0.573. The van der Waals surface area contributed by atoms with Crippen LogP contribution in [0.4, 0.5) is 11.4 Å². The van der Waals surface area contributed by atoms with Gasteiger partial charge in [0, 0.05) is 0 Å². The molecule has 0 unspecified atom stereocenters. The molecule has 0 radical (unpaired) electrons. The number of rotatable bonds is 2. The SMILES string of the molecule is C=Nc1ccc(C)c(N=C)c1.